The van der Waals surface area contributed by atoms with E-state index in [0.717, 1.165) is 0 Å². The zero-order chi connectivity index (χ0) is 20.7. The van der Waals surface area contributed by atoms with Gasteiger partial charge in [0.1, 0.15) is 5.56 Å². The first kappa shape index (κ1) is 24.2. The van der Waals surface area contributed by atoms with Crippen LogP contribution in [-0.2, 0) is 17.9 Å². The Morgan fingerprint density at radius 1 is 0.962 bits per heavy atom. The summed E-state index contributed by atoms with van der Waals surface area (Å²) in [4.78, 5) is 34.6. The van der Waals surface area contributed by atoms with Gasteiger partial charge < -0.3 is 14.6 Å². The first-order valence-corrected chi connectivity index (χ1v) is 10.3. The summed E-state index contributed by atoms with van der Waals surface area (Å²) in [7, 11) is 4.81. The maximum Gasteiger partial charge on any atom is 0.339 e. The van der Waals surface area contributed by atoms with E-state index in [1.807, 2.05) is 0 Å². The number of carbonyl (C=O) groups is 3. The van der Waals surface area contributed by atoms with Crippen LogP contribution in [0.2, 0.25) is 0 Å². The summed E-state index contributed by atoms with van der Waals surface area (Å²) in [6, 6.07) is 4.08. The minimum Gasteiger partial charge on any atom is -0.478 e. The normalized spacial score (nSPS) is 10.8. The average molecular weight is 429 g/mol. The lowest BCUT2D eigenvalue weighted by Gasteiger charge is -2.14. The summed E-state index contributed by atoms with van der Waals surface area (Å²) in [5.74, 6) is -3.60. The summed E-state index contributed by atoms with van der Waals surface area (Å²) in [5.41, 5.74) is -0.238. The lowest BCUT2D eigenvalue weighted by Crippen LogP contribution is -2.20. The van der Waals surface area contributed by atoms with Gasteiger partial charge in [0.05, 0.1) is 11.8 Å². The molecule has 0 aliphatic carbocycles. The highest BCUT2D eigenvalue weighted by Crippen LogP contribution is 2.32. The fourth-order valence-corrected chi connectivity index (χ4v) is 1.31. The molecule has 0 saturated carbocycles. The predicted octanol–water partition coefficient (Wildman–Crippen LogP) is 3.22. The van der Waals surface area contributed by atoms with Crippen LogP contribution >= 0.6 is 21.4 Å². The molecule has 0 aliphatic heterocycles. The van der Waals surface area contributed by atoms with Crippen LogP contribution in [0, 0.1) is 11.8 Å². The Bertz CT molecular complexity index is 764. The molecule has 0 saturated heterocycles. The Hall–Kier alpha value is -1.84. The van der Waals surface area contributed by atoms with E-state index in [9.17, 15) is 14.4 Å². The molecule has 1 rings (SSSR count). The van der Waals surface area contributed by atoms with Crippen molar-refractivity contribution in [2.24, 2.45) is 11.8 Å². The maximum atomic E-state index is 11.7. The van der Waals surface area contributed by atoms with Crippen LogP contribution in [0.4, 0.5) is 0 Å². The molecular weight excluding hydrogens is 411 g/mol. The molecular formula is C15H18Cl2O8S. The Morgan fingerprint density at radius 3 is 1.77 bits per heavy atom. The summed E-state index contributed by atoms with van der Waals surface area (Å²) < 4.78 is 28.5. The van der Waals surface area contributed by atoms with E-state index in [4.69, 9.17) is 23.0 Å². The minimum absolute atomic E-state index is 0.0809. The number of hydrogen-bond acceptors (Lipinski definition) is 7. The number of halogens is 2. The van der Waals surface area contributed by atoms with Crippen LogP contribution in [0.3, 0.4) is 0 Å². The van der Waals surface area contributed by atoms with Crippen molar-refractivity contribution in [3.8, 4) is 11.5 Å². The second-order valence-electron chi connectivity index (χ2n) is 5.47. The molecule has 146 valence electrons. The molecule has 0 amide bonds. The van der Waals surface area contributed by atoms with Gasteiger partial charge in [-0.25, -0.2) is 4.79 Å². The number of ether oxygens (including phenoxy) is 2. The van der Waals surface area contributed by atoms with E-state index < -0.39 is 38.0 Å². The summed E-state index contributed by atoms with van der Waals surface area (Å²) in [5, 5.41) is 9.15. The summed E-state index contributed by atoms with van der Waals surface area (Å²) in [6.07, 6.45) is 0. The van der Waals surface area contributed by atoms with E-state index >= 15 is 0 Å². The third-order valence-electron chi connectivity index (χ3n) is 2.57. The largest absolute Gasteiger partial charge is 0.478 e. The maximum absolute atomic E-state index is 11.7. The molecule has 0 bridgehead atoms. The molecule has 0 heterocycles. The monoisotopic (exact) mass is 428 g/mol. The van der Waals surface area contributed by atoms with Crippen LogP contribution in [0.1, 0.15) is 38.1 Å². The van der Waals surface area contributed by atoms with Gasteiger partial charge in [0.25, 0.3) is 0 Å². The van der Waals surface area contributed by atoms with E-state index in [0.29, 0.717) is 0 Å². The number of carboxylic acids is 1. The number of esters is 2. The van der Waals surface area contributed by atoms with Crippen molar-refractivity contribution in [2.45, 2.75) is 27.7 Å². The average Bonchev–Trinajstić information content (AvgIpc) is 2.46. The summed E-state index contributed by atoms with van der Waals surface area (Å²) in [6.45, 7) is 6.52. The Kier molecular flexibility index (Phi) is 9.61. The van der Waals surface area contributed by atoms with Crippen LogP contribution in [0.25, 0.3) is 0 Å². The highest BCUT2D eigenvalue weighted by Gasteiger charge is 2.23. The Balaban J connectivity index is 0.00000110. The summed E-state index contributed by atoms with van der Waals surface area (Å²) >= 11 is 0. The van der Waals surface area contributed by atoms with Gasteiger partial charge in [-0.1, -0.05) is 33.8 Å². The topological polar surface area (TPSA) is 124 Å². The number of carboxylic acid groups (broad SMARTS) is 1. The van der Waals surface area contributed by atoms with E-state index in [1.54, 1.807) is 27.7 Å². The Morgan fingerprint density at radius 2 is 1.38 bits per heavy atom. The third-order valence-corrected chi connectivity index (χ3v) is 2.57. The molecule has 0 aromatic heterocycles. The van der Waals surface area contributed by atoms with Gasteiger partial charge in [0, 0.05) is 21.4 Å². The molecule has 0 spiro atoms. The van der Waals surface area contributed by atoms with Gasteiger partial charge in [0.15, 0.2) is 11.5 Å². The number of rotatable bonds is 5. The predicted molar refractivity (Wildman–Crippen MR) is 95.0 cm³/mol. The first-order chi connectivity index (χ1) is 11.7. The van der Waals surface area contributed by atoms with E-state index in [1.165, 1.54) is 18.2 Å². The first-order valence-electron chi connectivity index (χ1n) is 7.18. The van der Waals surface area contributed by atoms with Gasteiger partial charge in [-0.05, 0) is 12.1 Å². The lowest BCUT2D eigenvalue weighted by molar-refractivity contribution is -0.140. The van der Waals surface area contributed by atoms with E-state index in [2.05, 4.69) is 21.4 Å². The van der Waals surface area contributed by atoms with Crippen LogP contribution in [-0.4, -0.2) is 31.4 Å². The van der Waals surface area contributed by atoms with Crippen LogP contribution in [0.15, 0.2) is 18.2 Å². The zero-order valence-corrected chi connectivity index (χ0v) is 16.7. The second kappa shape index (κ2) is 10.3. The van der Waals surface area contributed by atoms with Crippen molar-refractivity contribution in [3.05, 3.63) is 23.8 Å². The molecule has 1 aromatic carbocycles. The fraction of sp³-hybridized carbons (Fsp3) is 0.400. The molecule has 11 heteroatoms. The molecule has 1 aromatic rings. The number of benzene rings is 1. The van der Waals surface area contributed by atoms with Crippen molar-refractivity contribution in [1.82, 2.24) is 0 Å². The molecule has 8 nitrogen and oxygen atoms in total. The smallest absolute Gasteiger partial charge is 0.339 e. The Labute approximate surface area is 159 Å². The highest BCUT2D eigenvalue weighted by atomic mass is 36.0. The van der Waals surface area contributed by atoms with Gasteiger partial charge in [0.2, 0.25) is 0 Å². The minimum atomic E-state index is -3.72. The number of hydrogen-bond donors (Lipinski definition) is 1. The molecule has 0 atom stereocenters. The van der Waals surface area contributed by atoms with Crippen LogP contribution in [0.5, 0.6) is 11.5 Å². The van der Waals surface area contributed by atoms with Gasteiger partial charge in [-0.2, -0.15) is 8.42 Å². The highest BCUT2D eigenvalue weighted by molar-refractivity contribution is 8.31. The second-order valence-corrected chi connectivity index (χ2v) is 9.14. The number of para-hydroxylation sites is 1. The fourth-order valence-electron chi connectivity index (χ4n) is 1.31. The number of aromatic carboxylic acids is 1. The van der Waals surface area contributed by atoms with Gasteiger partial charge in [-0.3, -0.25) is 9.59 Å². The SMILES string of the molecule is CC(C)C(=O)Oc1cccc(C(=O)O)c1OC(=O)C(C)C.O=S(=O)(Cl)Cl. The van der Waals surface area contributed by atoms with Gasteiger partial charge in [-0.15, -0.1) is 0 Å². The quantitative estimate of drug-likeness (QED) is 0.430. The van der Waals surface area contributed by atoms with Crippen molar-refractivity contribution < 1.29 is 37.4 Å². The molecule has 0 unspecified atom stereocenters. The van der Waals surface area contributed by atoms with Crippen molar-refractivity contribution >= 4 is 47.5 Å². The molecule has 1 N–H and O–H groups in total. The van der Waals surface area contributed by atoms with Crippen molar-refractivity contribution in [1.29, 1.82) is 0 Å². The number of carbonyl (C=O) groups excluding carboxylic acids is 2. The molecule has 0 radical (unpaired) electrons. The standard InChI is InChI=1S/C15H18O6.Cl2O2S/c1-8(2)14(18)20-11-7-5-6-10(13(16)17)12(11)21-15(19)9(3)4;1-5(2,3)4/h5-9H,1-4H3,(H,16,17);. The van der Waals surface area contributed by atoms with Crippen molar-refractivity contribution in [2.75, 3.05) is 0 Å². The van der Waals surface area contributed by atoms with Crippen LogP contribution < -0.4 is 9.47 Å². The molecule has 0 aliphatic rings. The third kappa shape index (κ3) is 9.59. The van der Waals surface area contributed by atoms with Crippen molar-refractivity contribution in [3.63, 3.8) is 0 Å². The molecule has 26 heavy (non-hydrogen) atoms. The molecule has 0 fully saturated rings. The lowest BCUT2D eigenvalue weighted by atomic mass is 10.1. The van der Waals surface area contributed by atoms with Gasteiger partial charge >= 0.3 is 26.2 Å². The van der Waals surface area contributed by atoms with E-state index in [-0.39, 0.29) is 17.1 Å². The zero-order valence-electron chi connectivity index (χ0n) is 14.4.